The number of amides is 2. The van der Waals surface area contributed by atoms with Gasteiger partial charge in [-0.25, -0.2) is 4.68 Å². The van der Waals surface area contributed by atoms with Gasteiger partial charge >= 0.3 is 0 Å². The molecular formula is C30H43N9O3. The van der Waals surface area contributed by atoms with Crippen LogP contribution in [0.1, 0.15) is 50.0 Å². The number of nitrogens with zero attached hydrogens (tertiary/aromatic N) is 7. The zero-order valence-electron chi connectivity index (χ0n) is 25.0. The maximum Gasteiger partial charge on any atom is 0.248 e. The lowest BCUT2D eigenvalue weighted by atomic mass is 9.99. The van der Waals surface area contributed by atoms with Crippen LogP contribution in [0.3, 0.4) is 0 Å². The summed E-state index contributed by atoms with van der Waals surface area (Å²) < 4.78 is 3.41. The molecule has 0 unspecified atom stereocenters. The molecule has 0 radical (unpaired) electrons. The number of carbonyl (C=O) groups excluding carboxylic acids is 2. The number of hydrogen-bond acceptors (Lipinski definition) is 8. The number of nitrogens with one attached hydrogen (secondary N) is 2. The van der Waals surface area contributed by atoms with Crippen LogP contribution in [-0.4, -0.2) is 103 Å². The van der Waals surface area contributed by atoms with Gasteiger partial charge in [-0.05, 0) is 36.5 Å². The first kappa shape index (κ1) is 29.9. The number of piperazine rings is 1. The SMILES string of the molecule is Cc1cn([C@H](C(=O)N2C[C@H](O)C[C@H]2C(=O)N[C@@H](CCN2CCNCC2)c2ccc(-c3ccnn3C)cc2)C(C)C)nn1. The maximum atomic E-state index is 13.9. The molecule has 12 nitrogen and oxygen atoms in total. The zero-order valence-corrected chi connectivity index (χ0v) is 25.0. The number of β-amino-alcohol motifs (C(OH)–C–C–N with tert-alkyl or cyclic N) is 1. The zero-order chi connectivity index (χ0) is 29.8. The number of hydrogen-bond donors (Lipinski definition) is 3. The van der Waals surface area contributed by atoms with Crippen LogP contribution in [0, 0.1) is 12.8 Å². The first-order chi connectivity index (χ1) is 20.2. The molecule has 2 amide bonds. The second-order valence-electron chi connectivity index (χ2n) is 11.8. The molecule has 4 heterocycles. The molecule has 1 aromatic carbocycles. The van der Waals surface area contributed by atoms with Crippen molar-refractivity contribution in [3.05, 3.63) is 54.0 Å². The van der Waals surface area contributed by atoms with Crippen molar-refractivity contribution in [3.8, 4) is 11.3 Å². The van der Waals surface area contributed by atoms with Crippen LogP contribution in [0.4, 0.5) is 0 Å². The Balaban J connectivity index is 1.35. The van der Waals surface area contributed by atoms with Gasteiger partial charge in [0.2, 0.25) is 11.8 Å². The van der Waals surface area contributed by atoms with Crippen LogP contribution >= 0.6 is 0 Å². The lowest BCUT2D eigenvalue weighted by Gasteiger charge is -2.32. The van der Waals surface area contributed by atoms with Gasteiger partial charge in [0.1, 0.15) is 12.1 Å². The van der Waals surface area contributed by atoms with E-state index in [2.05, 4.69) is 55.2 Å². The van der Waals surface area contributed by atoms with Gasteiger partial charge in [0.25, 0.3) is 0 Å². The first-order valence-corrected chi connectivity index (χ1v) is 14.9. The van der Waals surface area contributed by atoms with Gasteiger partial charge in [0.15, 0.2) is 0 Å². The summed E-state index contributed by atoms with van der Waals surface area (Å²) in [6, 6.07) is 8.56. The second-order valence-corrected chi connectivity index (χ2v) is 11.8. The number of aliphatic hydroxyl groups is 1. The van der Waals surface area contributed by atoms with E-state index in [9.17, 15) is 14.7 Å². The Kier molecular flexibility index (Phi) is 9.34. The first-order valence-electron chi connectivity index (χ1n) is 14.9. The highest BCUT2D eigenvalue weighted by Gasteiger charge is 2.43. The van der Waals surface area contributed by atoms with E-state index in [0.717, 1.165) is 56.0 Å². The Labute approximate surface area is 247 Å². The molecule has 42 heavy (non-hydrogen) atoms. The Morgan fingerprint density at radius 2 is 1.88 bits per heavy atom. The fraction of sp³-hybridized carbons (Fsp3) is 0.567. The number of rotatable bonds is 10. The van der Waals surface area contributed by atoms with E-state index in [1.807, 2.05) is 38.6 Å². The molecular weight excluding hydrogens is 534 g/mol. The topological polar surface area (TPSA) is 133 Å². The highest BCUT2D eigenvalue weighted by molar-refractivity contribution is 5.90. The van der Waals surface area contributed by atoms with Gasteiger partial charge in [-0.2, -0.15) is 5.10 Å². The highest BCUT2D eigenvalue weighted by Crippen LogP contribution is 2.28. The fourth-order valence-electron chi connectivity index (χ4n) is 6.06. The van der Waals surface area contributed by atoms with Crippen molar-refractivity contribution in [1.82, 2.24) is 45.2 Å². The predicted molar refractivity (Wildman–Crippen MR) is 158 cm³/mol. The lowest BCUT2D eigenvalue weighted by Crippen LogP contribution is -2.50. The minimum Gasteiger partial charge on any atom is -0.391 e. The van der Waals surface area contributed by atoms with Crippen molar-refractivity contribution in [3.63, 3.8) is 0 Å². The molecule has 12 heteroatoms. The lowest BCUT2D eigenvalue weighted by molar-refractivity contribution is -0.142. The summed E-state index contributed by atoms with van der Waals surface area (Å²) in [6.45, 7) is 10.5. The number of likely N-dealkylation sites (tertiary alicyclic amines) is 1. The fourth-order valence-corrected chi connectivity index (χ4v) is 6.06. The summed E-state index contributed by atoms with van der Waals surface area (Å²) in [5, 5.41) is 29.7. The third-order valence-corrected chi connectivity index (χ3v) is 8.35. The van der Waals surface area contributed by atoms with Crippen LogP contribution in [0.2, 0.25) is 0 Å². The van der Waals surface area contributed by atoms with E-state index in [1.165, 1.54) is 4.90 Å². The highest BCUT2D eigenvalue weighted by atomic mass is 16.3. The Morgan fingerprint density at radius 1 is 1.14 bits per heavy atom. The van der Waals surface area contributed by atoms with Crippen molar-refractivity contribution < 1.29 is 14.7 Å². The van der Waals surface area contributed by atoms with Gasteiger partial charge < -0.3 is 25.5 Å². The van der Waals surface area contributed by atoms with Crippen molar-refractivity contribution in [2.24, 2.45) is 13.0 Å². The van der Waals surface area contributed by atoms with E-state index in [-0.39, 0.29) is 36.7 Å². The minimum absolute atomic E-state index is 0.0789. The van der Waals surface area contributed by atoms with E-state index in [0.29, 0.717) is 5.69 Å². The number of aromatic nitrogens is 5. The molecule has 3 aromatic rings. The summed E-state index contributed by atoms with van der Waals surface area (Å²) in [6.07, 6.45) is 3.67. The van der Waals surface area contributed by atoms with E-state index in [4.69, 9.17) is 0 Å². The third kappa shape index (κ3) is 6.71. The molecule has 2 aliphatic heterocycles. The molecule has 5 rings (SSSR count). The third-order valence-electron chi connectivity index (χ3n) is 8.35. The predicted octanol–water partition coefficient (Wildman–Crippen LogP) is 1.30. The molecule has 2 fully saturated rings. The van der Waals surface area contributed by atoms with Gasteiger partial charge in [-0.3, -0.25) is 14.3 Å². The van der Waals surface area contributed by atoms with E-state index < -0.39 is 18.2 Å². The van der Waals surface area contributed by atoms with Gasteiger partial charge in [-0.15, -0.1) is 5.10 Å². The van der Waals surface area contributed by atoms with Crippen LogP contribution in [0.15, 0.2) is 42.7 Å². The average molecular weight is 578 g/mol. The monoisotopic (exact) mass is 577 g/mol. The smallest absolute Gasteiger partial charge is 0.248 e. The number of aliphatic hydroxyl groups excluding tert-OH is 1. The molecule has 0 aliphatic carbocycles. The molecule has 2 saturated heterocycles. The van der Waals surface area contributed by atoms with Gasteiger partial charge in [-0.1, -0.05) is 43.3 Å². The second kappa shape index (κ2) is 13.1. The van der Waals surface area contributed by atoms with Crippen molar-refractivity contribution in [2.45, 2.75) is 57.8 Å². The van der Waals surface area contributed by atoms with Crippen LogP contribution in [0.25, 0.3) is 11.3 Å². The average Bonchev–Trinajstić information content (AvgIpc) is 3.71. The summed E-state index contributed by atoms with van der Waals surface area (Å²) >= 11 is 0. The molecule has 226 valence electrons. The number of benzene rings is 1. The summed E-state index contributed by atoms with van der Waals surface area (Å²) in [7, 11) is 1.91. The van der Waals surface area contributed by atoms with Crippen molar-refractivity contribution >= 4 is 11.8 Å². The Bertz CT molecular complexity index is 1350. The summed E-state index contributed by atoms with van der Waals surface area (Å²) in [5.41, 5.74) is 3.77. The molecule has 0 spiro atoms. The largest absolute Gasteiger partial charge is 0.391 e. The van der Waals surface area contributed by atoms with Crippen LogP contribution < -0.4 is 10.6 Å². The van der Waals surface area contributed by atoms with Crippen molar-refractivity contribution in [1.29, 1.82) is 0 Å². The molecule has 2 aliphatic rings. The maximum absolute atomic E-state index is 13.9. The van der Waals surface area contributed by atoms with Gasteiger partial charge in [0.05, 0.1) is 23.5 Å². The molecule has 2 aromatic heterocycles. The minimum atomic E-state index is -0.771. The Hall–Kier alpha value is -3.61. The molecule has 0 saturated carbocycles. The summed E-state index contributed by atoms with van der Waals surface area (Å²) in [5.74, 6) is -0.563. The standard InChI is InChI=1S/C30H43N9O3/c1-20(2)28(39-18-21(3)34-35-39)30(42)38-19-24(40)17-27(38)29(41)33-25(10-14-37-15-12-31-13-16-37)22-5-7-23(8-6-22)26-9-11-32-36(26)4/h5-9,11,18,20,24-25,27-28,31,40H,10,12-17,19H2,1-4H3,(H,33,41)/t24-,25+,27+,28+/m1/s1. The van der Waals surface area contributed by atoms with Crippen molar-refractivity contribution in [2.75, 3.05) is 39.3 Å². The van der Waals surface area contributed by atoms with Gasteiger partial charge in [0, 0.05) is 65.1 Å². The molecule has 3 N–H and O–H groups in total. The van der Waals surface area contributed by atoms with E-state index in [1.54, 1.807) is 17.1 Å². The normalized spacial score (nSPS) is 21.0. The quantitative estimate of drug-likeness (QED) is 0.329. The van der Waals surface area contributed by atoms with Crippen LogP contribution in [0.5, 0.6) is 0 Å². The number of aryl methyl sites for hydroxylation is 2. The molecule has 4 atom stereocenters. The van der Waals surface area contributed by atoms with Crippen LogP contribution in [-0.2, 0) is 16.6 Å². The molecule has 0 bridgehead atoms. The Morgan fingerprint density at radius 3 is 2.50 bits per heavy atom. The summed E-state index contributed by atoms with van der Waals surface area (Å²) in [4.78, 5) is 31.7. The number of carbonyl (C=O) groups is 2. The van der Waals surface area contributed by atoms with E-state index >= 15 is 0 Å².